The van der Waals surface area contributed by atoms with Gasteiger partial charge in [-0.2, -0.15) is 4.39 Å². The normalized spacial score (nSPS) is 10.1. The van der Waals surface area contributed by atoms with E-state index in [1.54, 1.807) is 0 Å². The molecule has 0 fully saturated rings. The number of nitrogens with zero attached hydrogens (tertiary/aromatic N) is 1. The molecule has 0 spiro atoms. The van der Waals surface area contributed by atoms with Crippen molar-refractivity contribution in [2.75, 3.05) is 0 Å². The molecule has 2 aromatic heterocycles. The van der Waals surface area contributed by atoms with Crippen LogP contribution in [-0.4, -0.2) is 11.0 Å². The van der Waals surface area contributed by atoms with Crippen molar-refractivity contribution in [1.82, 2.24) is 4.98 Å². The fraction of sp³-hybridized carbons (Fsp3) is 0.0909. The van der Waals surface area contributed by atoms with Gasteiger partial charge in [0, 0.05) is 4.88 Å². The highest BCUT2D eigenvalue weighted by Crippen LogP contribution is 2.10. The zero-order valence-electron chi connectivity index (χ0n) is 8.22. The zero-order valence-corrected chi connectivity index (χ0v) is 9.04. The second-order valence-electron chi connectivity index (χ2n) is 3.00. The van der Waals surface area contributed by atoms with Gasteiger partial charge in [-0.05, 0) is 23.6 Å². The molecule has 0 atom stereocenters. The average molecular weight is 237 g/mol. The van der Waals surface area contributed by atoms with Gasteiger partial charge >= 0.3 is 5.97 Å². The maximum Gasteiger partial charge on any atom is 0.357 e. The summed E-state index contributed by atoms with van der Waals surface area (Å²) in [6.07, 6.45) is 0. The third-order valence-electron chi connectivity index (χ3n) is 1.85. The quantitative estimate of drug-likeness (QED) is 0.608. The van der Waals surface area contributed by atoms with Gasteiger partial charge < -0.3 is 4.74 Å². The molecule has 0 amide bonds. The molecule has 0 aliphatic carbocycles. The first-order valence-electron chi connectivity index (χ1n) is 4.58. The second-order valence-corrected chi connectivity index (χ2v) is 4.03. The van der Waals surface area contributed by atoms with Crippen LogP contribution in [0, 0.1) is 5.95 Å². The maximum absolute atomic E-state index is 12.7. The third kappa shape index (κ3) is 2.64. The number of pyridine rings is 1. The number of rotatable bonds is 3. The molecule has 0 saturated heterocycles. The van der Waals surface area contributed by atoms with Gasteiger partial charge in [0.05, 0.1) is 0 Å². The van der Waals surface area contributed by atoms with Gasteiger partial charge in [-0.3, -0.25) is 0 Å². The Hall–Kier alpha value is -1.75. The zero-order chi connectivity index (χ0) is 11.4. The molecule has 5 heteroatoms. The van der Waals surface area contributed by atoms with Crippen molar-refractivity contribution >= 4 is 17.3 Å². The molecule has 3 nitrogen and oxygen atoms in total. The lowest BCUT2D eigenvalue weighted by atomic mass is 10.3. The van der Waals surface area contributed by atoms with E-state index in [4.69, 9.17) is 4.74 Å². The van der Waals surface area contributed by atoms with E-state index in [-0.39, 0.29) is 12.3 Å². The summed E-state index contributed by atoms with van der Waals surface area (Å²) in [5, 5.41) is 1.89. The van der Waals surface area contributed by atoms with Crippen LogP contribution in [0.1, 0.15) is 15.4 Å². The number of carbonyl (C=O) groups excluding carboxylic acids is 1. The van der Waals surface area contributed by atoms with Gasteiger partial charge in [0.1, 0.15) is 6.61 Å². The Balaban J connectivity index is 1.98. The molecule has 0 unspecified atom stereocenters. The fourth-order valence-electron chi connectivity index (χ4n) is 1.13. The Kier molecular flexibility index (Phi) is 3.26. The molecule has 2 rings (SSSR count). The van der Waals surface area contributed by atoms with Crippen molar-refractivity contribution in [1.29, 1.82) is 0 Å². The lowest BCUT2D eigenvalue weighted by molar-refractivity contribution is 0.0468. The topological polar surface area (TPSA) is 39.2 Å². The molecule has 82 valence electrons. The molecule has 0 aromatic carbocycles. The predicted molar refractivity (Wildman–Crippen MR) is 57.6 cm³/mol. The summed E-state index contributed by atoms with van der Waals surface area (Å²) in [5.41, 5.74) is -0.0171. The summed E-state index contributed by atoms with van der Waals surface area (Å²) >= 11 is 1.49. The van der Waals surface area contributed by atoms with Crippen LogP contribution in [0.5, 0.6) is 0 Å². The van der Waals surface area contributed by atoms with Crippen LogP contribution in [0.4, 0.5) is 4.39 Å². The van der Waals surface area contributed by atoms with Crippen LogP contribution in [0.3, 0.4) is 0 Å². The molecule has 16 heavy (non-hydrogen) atoms. The van der Waals surface area contributed by atoms with Gasteiger partial charge in [0.25, 0.3) is 0 Å². The molecule has 2 heterocycles. The molecular formula is C11H8FNO2S. The van der Waals surface area contributed by atoms with E-state index in [0.29, 0.717) is 0 Å². The molecule has 0 N–H and O–H groups in total. The molecule has 0 aliphatic heterocycles. The second kappa shape index (κ2) is 4.85. The van der Waals surface area contributed by atoms with Gasteiger partial charge in [-0.1, -0.05) is 12.1 Å². The van der Waals surface area contributed by atoms with Crippen LogP contribution in [0.2, 0.25) is 0 Å². The number of thiophene rings is 1. The first kappa shape index (κ1) is 10.8. The third-order valence-corrected chi connectivity index (χ3v) is 2.70. The summed E-state index contributed by atoms with van der Waals surface area (Å²) in [6.45, 7) is 0.189. The van der Waals surface area contributed by atoms with Gasteiger partial charge in [-0.25, -0.2) is 9.78 Å². The van der Waals surface area contributed by atoms with Crippen molar-refractivity contribution in [3.05, 3.63) is 52.2 Å². The molecule has 0 bridgehead atoms. The molecule has 0 aliphatic rings. The SMILES string of the molecule is O=C(OCc1cccs1)c1cccc(F)n1. The lowest BCUT2D eigenvalue weighted by Crippen LogP contribution is -2.07. The minimum absolute atomic E-state index is 0.0171. The van der Waals surface area contributed by atoms with E-state index < -0.39 is 11.9 Å². The van der Waals surface area contributed by atoms with E-state index in [1.807, 2.05) is 17.5 Å². The van der Waals surface area contributed by atoms with Crippen LogP contribution in [0.15, 0.2) is 35.7 Å². The standard InChI is InChI=1S/C11H8FNO2S/c12-10-5-1-4-9(13-10)11(14)15-7-8-3-2-6-16-8/h1-6H,7H2. The van der Waals surface area contributed by atoms with E-state index >= 15 is 0 Å². The summed E-state index contributed by atoms with van der Waals surface area (Å²) in [7, 11) is 0. The first-order valence-corrected chi connectivity index (χ1v) is 5.46. The van der Waals surface area contributed by atoms with Crippen molar-refractivity contribution in [3.63, 3.8) is 0 Å². The van der Waals surface area contributed by atoms with Crippen LogP contribution >= 0.6 is 11.3 Å². The van der Waals surface area contributed by atoms with Crippen LogP contribution in [-0.2, 0) is 11.3 Å². The summed E-state index contributed by atoms with van der Waals surface area (Å²) in [4.78, 5) is 15.8. The summed E-state index contributed by atoms with van der Waals surface area (Å²) < 4.78 is 17.7. The first-order chi connectivity index (χ1) is 7.75. The Bertz CT molecular complexity index is 484. The highest BCUT2D eigenvalue weighted by atomic mass is 32.1. The van der Waals surface area contributed by atoms with Crippen LogP contribution in [0.25, 0.3) is 0 Å². The molecule has 2 aromatic rings. The van der Waals surface area contributed by atoms with Gasteiger partial charge in [-0.15, -0.1) is 11.3 Å². The fourth-order valence-corrected chi connectivity index (χ4v) is 1.74. The van der Waals surface area contributed by atoms with E-state index in [1.165, 1.54) is 29.5 Å². The number of esters is 1. The largest absolute Gasteiger partial charge is 0.455 e. The van der Waals surface area contributed by atoms with Crippen molar-refractivity contribution in [2.45, 2.75) is 6.61 Å². The Morgan fingerprint density at radius 2 is 2.25 bits per heavy atom. The summed E-state index contributed by atoms with van der Waals surface area (Å²) in [6, 6.07) is 7.74. The van der Waals surface area contributed by atoms with Gasteiger partial charge in [0.15, 0.2) is 5.69 Å². The minimum Gasteiger partial charge on any atom is -0.455 e. The van der Waals surface area contributed by atoms with Crippen molar-refractivity contribution in [3.8, 4) is 0 Å². The highest BCUT2D eigenvalue weighted by Gasteiger charge is 2.09. The van der Waals surface area contributed by atoms with Gasteiger partial charge in [0.2, 0.25) is 5.95 Å². The maximum atomic E-state index is 12.7. The Morgan fingerprint density at radius 1 is 1.38 bits per heavy atom. The smallest absolute Gasteiger partial charge is 0.357 e. The minimum atomic E-state index is -0.689. The monoisotopic (exact) mass is 237 g/mol. The van der Waals surface area contributed by atoms with Crippen LogP contribution < -0.4 is 0 Å². The number of hydrogen-bond acceptors (Lipinski definition) is 4. The van der Waals surface area contributed by atoms with Crippen molar-refractivity contribution < 1.29 is 13.9 Å². The summed E-state index contributed by atoms with van der Waals surface area (Å²) in [5.74, 6) is -1.31. The Morgan fingerprint density at radius 3 is 2.94 bits per heavy atom. The number of aromatic nitrogens is 1. The van der Waals surface area contributed by atoms with E-state index in [0.717, 1.165) is 4.88 Å². The number of carbonyl (C=O) groups is 1. The van der Waals surface area contributed by atoms with Crippen molar-refractivity contribution in [2.24, 2.45) is 0 Å². The van der Waals surface area contributed by atoms with E-state index in [2.05, 4.69) is 4.98 Å². The highest BCUT2D eigenvalue weighted by molar-refractivity contribution is 7.09. The lowest BCUT2D eigenvalue weighted by Gasteiger charge is -2.02. The predicted octanol–water partition coefficient (Wildman–Crippen LogP) is 2.64. The van der Waals surface area contributed by atoms with E-state index in [9.17, 15) is 9.18 Å². The number of ether oxygens (including phenoxy) is 1. The molecular weight excluding hydrogens is 229 g/mol. The number of halogens is 1. The average Bonchev–Trinajstić information content (AvgIpc) is 2.78. The Labute approximate surface area is 95.5 Å². The number of hydrogen-bond donors (Lipinski definition) is 0. The molecule has 0 radical (unpaired) electrons. The molecule has 0 saturated carbocycles.